The first-order valence-corrected chi connectivity index (χ1v) is 6.99. The summed E-state index contributed by atoms with van der Waals surface area (Å²) in [5.74, 6) is -1.60. The SMILES string of the molecule is NCc1cc(S(=O)(=O)Cl)c(C(F)F)c(OC(F)(F)F)n1. The van der Waals surface area contributed by atoms with Crippen molar-refractivity contribution < 1.29 is 35.1 Å². The Balaban J connectivity index is 3.63. The van der Waals surface area contributed by atoms with E-state index in [-0.39, 0.29) is 0 Å². The zero-order chi connectivity index (χ0) is 15.7. The number of halogens is 6. The standard InChI is InChI=1S/C8H6ClF5N2O3S/c9-20(17,18)4-1-3(2-15)16-7(5(4)6(10)11)19-8(12,13)14/h1,6H,2,15H2. The van der Waals surface area contributed by atoms with Gasteiger partial charge in [0.25, 0.3) is 15.5 Å². The highest BCUT2D eigenvalue weighted by atomic mass is 35.7. The van der Waals surface area contributed by atoms with Crippen molar-refractivity contribution in [1.29, 1.82) is 0 Å². The van der Waals surface area contributed by atoms with Crippen molar-refractivity contribution >= 4 is 19.7 Å². The second kappa shape index (κ2) is 5.66. The Morgan fingerprint density at radius 3 is 2.30 bits per heavy atom. The molecule has 0 aromatic carbocycles. The molecular weight excluding hydrogens is 335 g/mol. The molecular formula is C8H6ClF5N2O3S. The fraction of sp³-hybridized carbons (Fsp3) is 0.375. The Labute approximate surface area is 113 Å². The number of nitrogens with zero attached hydrogens (tertiary/aromatic N) is 1. The summed E-state index contributed by atoms with van der Waals surface area (Å²) >= 11 is 0. The summed E-state index contributed by atoms with van der Waals surface area (Å²) in [6.45, 7) is -0.503. The van der Waals surface area contributed by atoms with Gasteiger partial charge in [-0.1, -0.05) is 0 Å². The van der Waals surface area contributed by atoms with Crippen molar-refractivity contribution in [1.82, 2.24) is 4.98 Å². The first-order valence-electron chi connectivity index (χ1n) is 4.68. The van der Waals surface area contributed by atoms with E-state index in [1.807, 2.05) is 0 Å². The van der Waals surface area contributed by atoms with E-state index in [1.54, 1.807) is 0 Å². The number of alkyl halides is 5. The minimum atomic E-state index is -5.34. The van der Waals surface area contributed by atoms with Crippen LogP contribution in [0.3, 0.4) is 0 Å². The molecule has 12 heteroatoms. The van der Waals surface area contributed by atoms with Crippen molar-refractivity contribution in [2.24, 2.45) is 5.73 Å². The summed E-state index contributed by atoms with van der Waals surface area (Å²) in [6.07, 6.45) is -8.94. The molecule has 0 radical (unpaired) electrons. The van der Waals surface area contributed by atoms with Gasteiger partial charge in [-0.15, -0.1) is 13.2 Å². The van der Waals surface area contributed by atoms with E-state index < -0.39 is 50.4 Å². The van der Waals surface area contributed by atoms with Gasteiger partial charge in [-0.2, -0.15) is 0 Å². The molecule has 0 unspecified atom stereocenters. The maximum atomic E-state index is 12.8. The van der Waals surface area contributed by atoms with Crippen LogP contribution in [0.15, 0.2) is 11.0 Å². The van der Waals surface area contributed by atoms with Crippen LogP contribution in [0.25, 0.3) is 0 Å². The normalized spacial score (nSPS) is 12.8. The molecule has 0 aliphatic carbocycles. The molecule has 0 spiro atoms. The lowest BCUT2D eigenvalue weighted by atomic mass is 10.2. The van der Waals surface area contributed by atoms with E-state index in [2.05, 4.69) is 9.72 Å². The fourth-order valence-corrected chi connectivity index (χ4v) is 2.35. The average molecular weight is 341 g/mol. The maximum absolute atomic E-state index is 12.8. The third-order valence-corrected chi connectivity index (χ3v) is 3.30. The van der Waals surface area contributed by atoms with E-state index in [0.29, 0.717) is 6.07 Å². The largest absolute Gasteiger partial charge is 0.574 e. The second-order valence-corrected chi connectivity index (χ2v) is 5.86. The Kier molecular flexibility index (Phi) is 4.77. The van der Waals surface area contributed by atoms with Crippen LogP contribution in [0, 0.1) is 0 Å². The third kappa shape index (κ3) is 4.15. The third-order valence-electron chi connectivity index (χ3n) is 1.94. The van der Waals surface area contributed by atoms with Crippen LogP contribution in [-0.4, -0.2) is 19.8 Å². The smallest absolute Gasteiger partial charge is 0.387 e. The highest BCUT2D eigenvalue weighted by Crippen LogP contribution is 2.37. The molecule has 2 N–H and O–H groups in total. The Morgan fingerprint density at radius 1 is 1.40 bits per heavy atom. The van der Waals surface area contributed by atoms with E-state index in [4.69, 9.17) is 16.4 Å². The summed E-state index contributed by atoms with van der Waals surface area (Å²) < 4.78 is 87.6. The van der Waals surface area contributed by atoms with E-state index in [1.165, 1.54) is 0 Å². The first-order chi connectivity index (χ1) is 8.95. The van der Waals surface area contributed by atoms with E-state index in [0.717, 1.165) is 0 Å². The summed E-state index contributed by atoms with van der Waals surface area (Å²) in [5.41, 5.74) is 3.11. The van der Waals surface area contributed by atoms with Crippen LogP contribution in [0.1, 0.15) is 17.7 Å². The number of hydrogen-bond donors (Lipinski definition) is 1. The molecule has 0 aliphatic heterocycles. The Hall–Kier alpha value is -1.20. The van der Waals surface area contributed by atoms with Crippen LogP contribution < -0.4 is 10.5 Å². The molecule has 0 saturated heterocycles. The monoisotopic (exact) mass is 340 g/mol. The number of rotatable bonds is 4. The fourth-order valence-electron chi connectivity index (χ4n) is 1.25. The lowest BCUT2D eigenvalue weighted by Crippen LogP contribution is -2.21. The molecule has 5 nitrogen and oxygen atoms in total. The molecule has 1 aromatic heterocycles. The van der Waals surface area contributed by atoms with Gasteiger partial charge in [-0.05, 0) is 6.07 Å². The minimum Gasteiger partial charge on any atom is -0.387 e. The van der Waals surface area contributed by atoms with Gasteiger partial charge in [0.05, 0.1) is 10.6 Å². The van der Waals surface area contributed by atoms with Gasteiger partial charge in [0.1, 0.15) is 5.56 Å². The lowest BCUT2D eigenvalue weighted by Gasteiger charge is -2.15. The van der Waals surface area contributed by atoms with Gasteiger partial charge in [0, 0.05) is 17.2 Å². The van der Waals surface area contributed by atoms with Crippen molar-refractivity contribution in [3.8, 4) is 5.88 Å². The average Bonchev–Trinajstić information content (AvgIpc) is 2.23. The van der Waals surface area contributed by atoms with Crippen LogP contribution >= 0.6 is 10.7 Å². The molecule has 0 fully saturated rings. The summed E-state index contributed by atoms with van der Waals surface area (Å²) in [4.78, 5) is 1.87. The molecule has 20 heavy (non-hydrogen) atoms. The molecule has 0 amide bonds. The zero-order valence-electron chi connectivity index (χ0n) is 9.29. The van der Waals surface area contributed by atoms with Crippen molar-refractivity contribution in [2.45, 2.75) is 24.2 Å². The molecule has 0 aliphatic rings. The Morgan fingerprint density at radius 2 is 1.95 bits per heavy atom. The molecule has 1 heterocycles. The van der Waals surface area contributed by atoms with Crippen molar-refractivity contribution in [3.05, 3.63) is 17.3 Å². The number of aromatic nitrogens is 1. The van der Waals surface area contributed by atoms with E-state index >= 15 is 0 Å². The summed E-state index contributed by atoms with van der Waals surface area (Å²) in [7, 11) is 0.174. The van der Waals surface area contributed by atoms with Crippen molar-refractivity contribution in [2.75, 3.05) is 0 Å². The highest BCUT2D eigenvalue weighted by Gasteiger charge is 2.37. The minimum absolute atomic E-state index is 0.409. The van der Waals surface area contributed by atoms with Gasteiger partial charge in [0.15, 0.2) is 0 Å². The quantitative estimate of drug-likeness (QED) is 0.672. The van der Waals surface area contributed by atoms with Gasteiger partial charge in [-0.25, -0.2) is 22.2 Å². The number of pyridine rings is 1. The maximum Gasteiger partial charge on any atom is 0.574 e. The van der Waals surface area contributed by atoms with Gasteiger partial charge >= 0.3 is 6.36 Å². The molecule has 0 saturated carbocycles. The van der Waals surface area contributed by atoms with Crippen LogP contribution in [-0.2, 0) is 15.6 Å². The van der Waals surface area contributed by atoms with Crippen molar-refractivity contribution in [3.63, 3.8) is 0 Å². The predicted octanol–water partition coefficient (Wildman–Crippen LogP) is 2.30. The predicted molar refractivity (Wildman–Crippen MR) is 56.8 cm³/mol. The zero-order valence-corrected chi connectivity index (χ0v) is 10.9. The van der Waals surface area contributed by atoms with E-state index in [9.17, 15) is 30.4 Å². The summed E-state index contributed by atoms with van der Waals surface area (Å²) in [6, 6.07) is 0.563. The molecule has 0 atom stereocenters. The number of nitrogens with two attached hydrogens (primary N) is 1. The van der Waals surface area contributed by atoms with Gasteiger partial charge < -0.3 is 10.5 Å². The van der Waals surface area contributed by atoms with Crippen LogP contribution in [0.5, 0.6) is 5.88 Å². The highest BCUT2D eigenvalue weighted by molar-refractivity contribution is 8.13. The number of hydrogen-bond acceptors (Lipinski definition) is 5. The van der Waals surface area contributed by atoms with Gasteiger partial charge in [0.2, 0.25) is 5.88 Å². The topological polar surface area (TPSA) is 82.3 Å². The molecule has 0 bridgehead atoms. The first kappa shape index (κ1) is 16.9. The lowest BCUT2D eigenvalue weighted by molar-refractivity contribution is -0.276. The molecule has 1 rings (SSSR count). The Bertz CT molecular complexity index is 605. The second-order valence-electron chi connectivity index (χ2n) is 3.32. The molecule has 1 aromatic rings. The van der Waals surface area contributed by atoms with Gasteiger partial charge in [-0.3, -0.25) is 0 Å². The van der Waals surface area contributed by atoms with Crippen LogP contribution in [0.4, 0.5) is 22.0 Å². The summed E-state index contributed by atoms with van der Waals surface area (Å²) in [5, 5.41) is 0. The van der Waals surface area contributed by atoms with Crippen LogP contribution in [0.2, 0.25) is 0 Å². The number of ether oxygens (including phenoxy) is 1. The molecule has 114 valence electrons.